The van der Waals surface area contributed by atoms with Crippen LogP contribution in [0.15, 0.2) is 24.3 Å². The van der Waals surface area contributed by atoms with Crippen LogP contribution in [0, 0.1) is 5.92 Å². The molecule has 0 bridgehead atoms. The summed E-state index contributed by atoms with van der Waals surface area (Å²) in [5.74, 6) is -0.912. The predicted molar refractivity (Wildman–Crippen MR) is 72.3 cm³/mol. The van der Waals surface area contributed by atoms with Crippen molar-refractivity contribution in [3.8, 4) is 0 Å². The van der Waals surface area contributed by atoms with Gasteiger partial charge in [0.1, 0.15) is 0 Å². The van der Waals surface area contributed by atoms with Crippen LogP contribution in [-0.2, 0) is 14.3 Å². The van der Waals surface area contributed by atoms with Crippen molar-refractivity contribution in [2.75, 3.05) is 6.61 Å². The molecule has 0 aliphatic rings. The highest BCUT2D eigenvalue weighted by atomic mass is 16.6. The first kappa shape index (κ1) is 15.9. The fourth-order valence-corrected chi connectivity index (χ4v) is 1.68. The molecule has 0 heterocycles. The lowest BCUT2D eigenvalue weighted by atomic mass is 10.1. The quantitative estimate of drug-likeness (QED) is 0.332. The van der Waals surface area contributed by atoms with Crippen LogP contribution in [0.1, 0.15) is 47.4 Å². The first-order valence-electron chi connectivity index (χ1n) is 6.47. The van der Waals surface area contributed by atoms with Gasteiger partial charge in [0.05, 0.1) is 17.7 Å². The maximum Gasteiger partial charge on any atom is 0.346 e. The number of hydrogen-bond acceptors (Lipinski definition) is 5. The Balaban J connectivity index is 2.68. The van der Waals surface area contributed by atoms with E-state index in [0.717, 1.165) is 12.8 Å². The van der Waals surface area contributed by atoms with Crippen LogP contribution in [-0.4, -0.2) is 25.0 Å². The lowest BCUT2D eigenvalue weighted by molar-refractivity contribution is -0.123. The Kier molecular flexibility index (Phi) is 6.43. The van der Waals surface area contributed by atoms with E-state index in [9.17, 15) is 14.4 Å². The second-order valence-corrected chi connectivity index (χ2v) is 4.72. The molecule has 5 heteroatoms. The summed E-state index contributed by atoms with van der Waals surface area (Å²) in [6.45, 7) is 4.51. The normalized spacial score (nSPS) is 10.2. The van der Waals surface area contributed by atoms with Crippen molar-refractivity contribution in [1.29, 1.82) is 0 Å². The van der Waals surface area contributed by atoms with E-state index in [1.54, 1.807) is 12.1 Å². The summed E-state index contributed by atoms with van der Waals surface area (Å²) in [5.41, 5.74) is 0.123. The third kappa shape index (κ3) is 4.84. The molecule has 5 nitrogen and oxygen atoms in total. The highest BCUT2D eigenvalue weighted by Gasteiger charge is 2.18. The van der Waals surface area contributed by atoms with Crippen molar-refractivity contribution >= 4 is 18.4 Å². The fraction of sp³-hybridized carbons (Fsp3) is 0.400. The SMILES string of the molecule is CC(C)CCCOC(=O)c1ccccc1C(=O)OC=O. The summed E-state index contributed by atoms with van der Waals surface area (Å²) in [6, 6.07) is 6.07. The minimum Gasteiger partial charge on any atom is -0.462 e. The topological polar surface area (TPSA) is 69.7 Å². The molecule has 1 aromatic rings. The van der Waals surface area contributed by atoms with E-state index < -0.39 is 11.9 Å². The number of hydrogen-bond donors (Lipinski definition) is 0. The maximum atomic E-state index is 11.9. The number of esters is 2. The molecule has 108 valence electrons. The van der Waals surface area contributed by atoms with Gasteiger partial charge >= 0.3 is 18.4 Å². The van der Waals surface area contributed by atoms with E-state index in [1.165, 1.54) is 12.1 Å². The minimum atomic E-state index is -0.866. The third-order valence-electron chi connectivity index (χ3n) is 2.68. The van der Waals surface area contributed by atoms with E-state index in [2.05, 4.69) is 18.6 Å². The Hall–Kier alpha value is -2.17. The molecule has 0 radical (unpaired) electrons. The van der Waals surface area contributed by atoms with E-state index in [4.69, 9.17) is 4.74 Å². The van der Waals surface area contributed by atoms with Gasteiger partial charge in [-0.25, -0.2) is 9.59 Å². The summed E-state index contributed by atoms with van der Waals surface area (Å²) < 4.78 is 9.36. The number of rotatable bonds is 7. The molecule has 0 spiro atoms. The minimum absolute atomic E-state index is 0.0217. The van der Waals surface area contributed by atoms with Gasteiger partial charge < -0.3 is 9.47 Å². The molecule has 0 atom stereocenters. The van der Waals surface area contributed by atoms with Crippen molar-refractivity contribution < 1.29 is 23.9 Å². The zero-order valence-electron chi connectivity index (χ0n) is 11.6. The van der Waals surface area contributed by atoms with Crippen molar-refractivity contribution in [2.45, 2.75) is 26.7 Å². The van der Waals surface area contributed by atoms with Gasteiger partial charge in [0.25, 0.3) is 0 Å². The van der Waals surface area contributed by atoms with Gasteiger partial charge in [-0.3, -0.25) is 4.79 Å². The molecular formula is C15H18O5. The van der Waals surface area contributed by atoms with Gasteiger partial charge in [-0.1, -0.05) is 26.0 Å². The monoisotopic (exact) mass is 278 g/mol. The van der Waals surface area contributed by atoms with Crippen LogP contribution >= 0.6 is 0 Å². The van der Waals surface area contributed by atoms with Gasteiger partial charge in [0.15, 0.2) is 0 Å². The van der Waals surface area contributed by atoms with E-state index >= 15 is 0 Å². The van der Waals surface area contributed by atoms with Gasteiger partial charge in [-0.15, -0.1) is 0 Å². The molecule has 20 heavy (non-hydrogen) atoms. The molecule has 0 saturated carbocycles. The summed E-state index contributed by atoms with van der Waals surface area (Å²) in [5, 5.41) is 0. The van der Waals surface area contributed by atoms with Crippen LogP contribution in [0.5, 0.6) is 0 Å². The maximum absolute atomic E-state index is 11.9. The zero-order chi connectivity index (χ0) is 15.0. The second kappa shape index (κ2) is 8.09. The van der Waals surface area contributed by atoms with Gasteiger partial charge in [0.2, 0.25) is 0 Å². The van der Waals surface area contributed by atoms with Crippen LogP contribution in [0.4, 0.5) is 0 Å². The molecule has 0 N–H and O–H groups in total. The molecular weight excluding hydrogens is 260 g/mol. The Morgan fingerprint density at radius 3 is 2.30 bits per heavy atom. The summed E-state index contributed by atoms with van der Waals surface area (Å²) in [6.07, 6.45) is 1.73. The van der Waals surface area contributed by atoms with Gasteiger partial charge in [-0.05, 0) is 30.9 Å². The highest BCUT2D eigenvalue weighted by molar-refractivity contribution is 6.04. The Morgan fingerprint density at radius 1 is 1.15 bits per heavy atom. The average molecular weight is 278 g/mol. The molecule has 0 aliphatic heterocycles. The van der Waals surface area contributed by atoms with Crippen molar-refractivity contribution in [1.82, 2.24) is 0 Å². The predicted octanol–water partition coefficient (Wildman–Crippen LogP) is 2.59. The number of carbonyl (C=O) groups excluding carboxylic acids is 3. The van der Waals surface area contributed by atoms with Crippen LogP contribution in [0.2, 0.25) is 0 Å². The molecule has 0 fully saturated rings. The summed E-state index contributed by atoms with van der Waals surface area (Å²) >= 11 is 0. The second-order valence-electron chi connectivity index (χ2n) is 4.72. The fourth-order valence-electron chi connectivity index (χ4n) is 1.68. The molecule has 1 aromatic carbocycles. The number of benzene rings is 1. The van der Waals surface area contributed by atoms with Gasteiger partial charge in [-0.2, -0.15) is 0 Å². The average Bonchev–Trinajstić information content (AvgIpc) is 2.43. The number of carbonyl (C=O) groups is 3. The lowest BCUT2D eigenvalue weighted by Crippen LogP contribution is -2.14. The molecule has 0 unspecified atom stereocenters. The molecule has 1 rings (SSSR count). The van der Waals surface area contributed by atoms with Crippen molar-refractivity contribution in [3.63, 3.8) is 0 Å². The Morgan fingerprint density at radius 2 is 1.75 bits per heavy atom. The van der Waals surface area contributed by atoms with Crippen molar-refractivity contribution in [3.05, 3.63) is 35.4 Å². The smallest absolute Gasteiger partial charge is 0.346 e. The third-order valence-corrected chi connectivity index (χ3v) is 2.68. The summed E-state index contributed by atoms with van der Waals surface area (Å²) in [4.78, 5) is 33.6. The molecule has 0 saturated heterocycles. The van der Waals surface area contributed by atoms with E-state index in [-0.39, 0.29) is 17.6 Å². The number of ether oxygens (including phenoxy) is 2. The lowest BCUT2D eigenvalue weighted by Gasteiger charge is -2.08. The Labute approximate surface area is 117 Å². The standard InChI is InChI=1S/C15H18O5/c1-11(2)6-5-9-19-14(17)12-7-3-4-8-13(12)15(18)20-10-16/h3-4,7-8,10-11H,5-6,9H2,1-2H3. The zero-order valence-corrected chi connectivity index (χ0v) is 11.6. The van der Waals surface area contributed by atoms with Crippen LogP contribution < -0.4 is 0 Å². The highest BCUT2D eigenvalue weighted by Crippen LogP contribution is 2.12. The first-order chi connectivity index (χ1) is 9.56. The van der Waals surface area contributed by atoms with Crippen molar-refractivity contribution in [2.24, 2.45) is 5.92 Å². The molecule has 0 aliphatic carbocycles. The Bertz CT molecular complexity index is 479. The largest absolute Gasteiger partial charge is 0.462 e. The van der Waals surface area contributed by atoms with Gasteiger partial charge in [0, 0.05) is 0 Å². The van der Waals surface area contributed by atoms with Crippen LogP contribution in [0.3, 0.4) is 0 Å². The van der Waals surface area contributed by atoms with E-state index in [0.29, 0.717) is 12.5 Å². The van der Waals surface area contributed by atoms with Crippen LogP contribution in [0.25, 0.3) is 0 Å². The summed E-state index contributed by atoms with van der Waals surface area (Å²) in [7, 11) is 0. The molecule has 0 amide bonds. The van der Waals surface area contributed by atoms with E-state index in [1.807, 2.05) is 0 Å². The first-order valence-corrected chi connectivity index (χ1v) is 6.47. The molecule has 0 aromatic heterocycles.